The Kier molecular flexibility index (Phi) is 5.42. The SMILES string of the molecule is C=C/C=C(/c1ccc(N)c(OC)c1)n1nc(C(=O)NC)cc1CC. The normalized spacial score (nSPS) is 11.2. The van der Waals surface area contributed by atoms with Gasteiger partial charge < -0.3 is 15.8 Å². The number of methoxy groups -OCH3 is 1. The molecular formula is C18H22N4O2. The Labute approximate surface area is 141 Å². The Morgan fingerprint density at radius 3 is 2.79 bits per heavy atom. The van der Waals surface area contributed by atoms with Gasteiger partial charge in [-0.15, -0.1) is 0 Å². The molecule has 0 spiro atoms. The van der Waals surface area contributed by atoms with E-state index >= 15 is 0 Å². The summed E-state index contributed by atoms with van der Waals surface area (Å²) < 4.78 is 7.04. The summed E-state index contributed by atoms with van der Waals surface area (Å²) in [6.07, 6.45) is 4.24. The minimum atomic E-state index is -0.226. The molecule has 0 atom stereocenters. The van der Waals surface area contributed by atoms with Gasteiger partial charge in [-0.05, 0) is 30.7 Å². The summed E-state index contributed by atoms with van der Waals surface area (Å²) in [7, 11) is 3.15. The Hall–Kier alpha value is -3.02. The van der Waals surface area contributed by atoms with Crippen molar-refractivity contribution in [3.8, 4) is 5.75 Å². The van der Waals surface area contributed by atoms with E-state index in [0.717, 1.165) is 23.4 Å². The highest BCUT2D eigenvalue weighted by atomic mass is 16.5. The molecule has 0 saturated carbocycles. The van der Waals surface area contributed by atoms with Crippen LogP contribution in [0.2, 0.25) is 0 Å². The largest absolute Gasteiger partial charge is 0.495 e. The van der Waals surface area contributed by atoms with Gasteiger partial charge in [-0.1, -0.05) is 25.6 Å². The van der Waals surface area contributed by atoms with Gasteiger partial charge in [0.1, 0.15) is 5.75 Å². The molecule has 1 aromatic heterocycles. The van der Waals surface area contributed by atoms with Crippen LogP contribution >= 0.6 is 0 Å². The van der Waals surface area contributed by atoms with Crippen LogP contribution in [0.5, 0.6) is 5.75 Å². The van der Waals surface area contributed by atoms with Crippen LogP contribution in [0.1, 0.15) is 28.7 Å². The quantitative estimate of drug-likeness (QED) is 0.631. The number of ether oxygens (including phenoxy) is 1. The fraction of sp³-hybridized carbons (Fsp3) is 0.222. The molecule has 0 bridgehead atoms. The van der Waals surface area contributed by atoms with Gasteiger partial charge in [-0.2, -0.15) is 5.10 Å². The van der Waals surface area contributed by atoms with E-state index in [2.05, 4.69) is 17.0 Å². The molecule has 2 rings (SSSR count). The van der Waals surface area contributed by atoms with E-state index in [1.54, 1.807) is 37.0 Å². The number of allylic oxidation sites excluding steroid dienone is 2. The zero-order chi connectivity index (χ0) is 17.7. The Bertz CT molecular complexity index is 790. The molecule has 3 N–H and O–H groups in total. The Balaban J connectivity index is 2.60. The van der Waals surface area contributed by atoms with Gasteiger partial charge in [-0.25, -0.2) is 4.68 Å². The summed E-state index contributed by atoms with van der Waals surface area (Å²) in [5.41, 5.74) is 9.38. The molecule has 6 heteroatoms. The molecular weight excluding hydrogens is 304 g/mol. The van der Waals surface area contributed by atoms with Crippen molar-refractivity contribution in [3.05, 3.63) is 59.9 Å². The molecule has 0 saturated heterocycles. The molecule has 0 aliphatic heterocycles. The van der Waals surface area contributed by atoms with Crippen molar-refractivity contribution in [2.45, 2.75) is 13.3 Å². The van der Waals surface area contributed by atoms with Crippen molar-refractivity contribution in [2.24, 2.45) is 0 Å². The summed E-state index contributed by atoms with van der Waals surface area (Å²) >= 11 is 0. The average Bonchev–Trinajstić information content (AvgIpc) is 3.03. The molecule has 1 amide bonds. The zero-order valence-corrected chi connectivity index (χ0v) is 14.2. The first-order valence-electron chi connectivity index (χ1n) is 7.63. The zero-order valence-electron chi connectivity index (χ0n) is 14.2. The van der Waals surface area contributed by atoms with E-state index in [1.807, 2.05) is 25.1 Å². The van der Waals surface area contributed by atoms with E-state index in [4.69, 9.17) is 10.5 Å². The van der Waals surface area contributed by atoms with Gasteiger partial charge in [0.2, 0.25) is 0 Å². The molecule has 1 heterocycles. The van der Waals surface area contributed by atoms with Crippen molar-refractivity contribution in [1.29, 1.82) is 0 Å². The third kappa shape index (κ3) is 3.32. The van der Waals surface area contributed by atoms with Crippen LogP contribution in [0.3, 0.4) is 0 Å². The maximum Gasteiger partial charge on any atom is 0.271 e. The van der Waals surface area contributed by atoms with Crippen LogP contribution in [0, 0.1) is 0 Å². The lowest BCUT2D eigenvalue weighted by atomic mass is 10.1. The number of nitrogens with two attached hydrogens (primary N) is 1. The number of carbonyl (C=O) groups is 1. The first-order valence-corrected chi connectivity index (χ1v) is 7.63. The Morgan fingerprint density at radius 1 is 1.46 bits per heavy atom. The smallest absolute Gasteiger partial charge is 0.271 e. The third-order valence-electron chi connectivity index (χ3n) is 3.64. The predicted molar refractivity (Wildman–Crippen MR) is 96.0 cm³/mol. The highest BCUT2D eigenvalue weighted by molar-refractivity contribution is 5.92. The number of rotatable bonds is 6. The minimum Gasteiger partial charge on any atom is -0.495 e. The number of amides is 1. The van der Waals surface area contributed by atoms with Crippen molar-refractivity contribution in [1.82, 2.24) is 15.1 Å². The van der Waals surface area contributed by atoms with Crippen molar-refractivity contribution in [2.75, 3.05) is 19.9 Å². The first-order chi connectivity index (χ1) is 11.5. The van der Waals surface area contributed by atoms with E-state index < -0.39 is 0 Å². The number of carbonyl (C=O) groups excluding carboxylic acids is 1. The van der Waals surface area contributed by atoms with E-state index in [0.29, 0.717) is 17.1 Å². The molecule has 1 aromatic carbocycles. The molecule has 0 aliphatic rings. The number of nitrogens with one attached hydrogen (secondary N) is 1. The fourth-order valence-corrected chi connectivity index (χ4v) is 2.39. The van der Waals surface area contributed by atoms with Gasteiger partial charge in [-0.3, -0.25) is 4.79 Å². The number of hydrogen-bond donors (Lipinski definition) is 2. The summed E-state index contributed by atoms with van der Waals surface area (Å²) in [5, 5.41) is 7.03. The van der Waals surface area contributed by atoms with Crippen LogP contribution < -0.4 is 15.8 Å². The van der Waals surface area contributed by atoms with Crippen LogP contribution in [0.25, 0.3) is 5.70 Å². The Morgan fingerprint density at radius 2 is 2.21 bits per heavy atom. The molecule has 0 aliphatic carbocycles. The topological polar surface area (TPSA) is 82.2 Å². The number of anilines is 1. The third-order valence-corrected chi connectivity index (χ3v) is 3.64. The molecule has 0 radical (unpaired) electrons. The predicted octanol–water partition coefficient (Wildman–Crippen LogP) is 2.47. The second kappa shape index (κ2) is 7.50. The van der Waals surface area contributed by atoms with Crippen LogP contribution in [-0.4, -0.2) is 29.8 Å². The standard InChI is InChI=1S/C18H22N4O2/c1-5-7-16(12-8-9-14(19)17(10-12)24-4)22-13(6-2)11-15(21-22)18(23)20-3/h5,7-11H,1,6,19H2,2-4H3,(H,20,23)/b16-7-. The number of benzene rings is 1. The number of nitrogen functional groups attached to an aromatic ring is 1. The van der Waals surface area contributed by atoms with E-state index in [-0.39, 0.29) is 5.91 Å². The van der Waals surface area contributed by atoms with Gasteiger partial charge in [0.05, 0.1) is 18.5 Å². The highest BCUT2D eigenvalue weighted by Crippen LogP contribution is 2.28. The monoisotopic (exact) mass is 326 g/mol. The second-order valence-electron chi connectivity index (χ2n) is 5.11. The molecule has 0 unspecified atom stereocenters. The van der Waals surface area contributed by atoms with Gasteiger partial charge >= 0.3 is 0 Å². The summed E-state index contributed by atoms with van der Waals surface area (Å²) in [4.78, 5) is 11.9. The molecule has 0 fully saturated rings. The lowest BCUT2D eigenvalue weighted by molar-refractivity contribution is 0.0958. The first kappa shape index (κ1) is 17.3. The average molecular weight is 326 g/mol. The van der Waals surface area contributed by atoms with Gasteiger partial charge in [0, 0.05) is 18.3 Å². The summed E-state index contributed by atoms with van der Waals surface area (Å²) in [6, 6.07) is 7.28. The number of aryl methyl sites for hydroxylation is 1. The number of aromatic nitrogens is 2. The lowest BCUT2D eigenvalue weighted by Gasteiger charge is -2.13. The maximum absolute atomic E-state index is 11.9. The molecule has 24 heavy (non-hydrogen) atoms. The fourth-order valence-electron chi connectivity index (χ4n) is 2.39. The van der Waals surface area contributed by atoms with E-state index in [9.17, 15) is 4.79 Å². The second-order valence-corrected chi connectivity index (χ2v) is 5.11. The van der Waals surface area contributed by atoms with Crippen molar-refractivity contribution < 1.29 is 9.53 Å². The van der Waals surface area contributed by atoms with Crippen LogP contribution in [0.15, 0.2) is 43.0 Å². The van der Waals surface area contributed by atoms with Gasteiger partial charge in [0.15, 0.2) is 5.69 Å². The summed E-state index contributed by atoms with van der Waals surface area (Å²) in [5.74, 6) is 0.357. The van der Waals surface area contributed by atoms with Gasteiger partial charge in [0.25, 0.3) is 5.91 Å². The maximum atomic E-state index is 11.9. The molecule has 2 aromatic rings. The molecule has 6 nitrogen and oxygen atoms in total. The van der Waals surface area contributed by atoms with Crippen molar-refractivity contribution >= 4 is 17.3 Å². The van der Waals surface area contributed by atoms with Crippen LogP contribution in [0.4, 0.5) is 5.69 Å². The summed E-state index contributed by atoms with van der Waals surface area (Å²) in [6.45, 7) is 5.78. The number of hydrogen-bond acceptors (Lipinski definition) is 4. The lowest BCUT2D eigenvalue weighted by Crippen LogP contribution is -2.18. The van der Waals surface area contributed by atoms with E-state index in [1.165, 1.54) is 0 Å². The van der Waals surface area contributed by atoms with Crippen molar-refractivity contribution in [3.63, 3.8) is 0 Å². The number of nitrogens with zero attached hydrogens (tertiary/aromatic N) is 2. The van der Waals surface area contributed by atoms with Crippen LogP contribution in [-0.2, 0) is 6.42 Å². The minimum absolute atomic E-state index is 0.226. The molecule has 126 valence electrons. The highest BCUT2D eigenvalue weighted by Gasteiger charge is 2.16.